The highest BCUT2D eigenvalue weighted by Gasteiger charge is 2.18. The molecule has 1 N–H and O–H groups in total. The van der Waals surface area contributed by atoms with Gasteiger partial charge in [0.15, 0.2) is 0 Å². The van der Waals surface area contributed by atoms with E-state index in [1.54, 1.807) is 7.11 Å². The Balaban J connectivity index is 2.02. The predicted octanol–water partition coefficient (Wildman–Crippen LogP) is 5.62. The second-order valence-corrected chi connectivity index (χ2v) is 6.60. The first kappa shape index (κ1) is 16.5. The molecule has 0 unspecified atom stereocenters. The van der Waals surface area contributed by atoms with Crippen LogP contribution in [0.5, 0.6) is 5.75 Å². The normalized spacial score (nSPS) is 11.8. The van der Waals surface area contributed by atoms with Crippen molar-refractivity contribution >= 4 is 17.4 Å². The van der Waals surface area contributed by atoms with E-state index in [0.717, 1.165) is 11.4 Å². The molecular weight excluding hydrogens is 314 g/mol. The largest absolute Gasteiger partial charge is 0.497 e. The summed E-state index contributed by atoms with van der Waals surface area (Å²) in [6, 6.07) is 27.3. The van der Waals surface area contributed by atoms with Gasteiger partial charge in [0.2, 0.25) is 0 Å². The highest BCUT2D eigenvalue weighted by atomic mass is 32.2. The zero-order chi connectivity index (χ0) is 16.8. The number of hydrogen-bond donors (Lipinski definition) is 1. The Morgan fingerprint density at radius 3 is 2.17 bits per heavy atom. The summed E-state index contributed by atoms with van der Waals surface area (Å²) < 4.78 is 5.30. The summed E-state index contributed by atoms with van der Waals surface area (Å²) in [6.45, 7) is 0. The number of thioether (sulfide) groups is 1. The van der Waals surface area contributed by atoms with Crippen LogP contribution in [-0.2, 0) is 0 Å². The SMILES string of the molecule is CNc1ccccc1[C@@H](Sc1ccccc1)c1ccc(OC)cc1. The van der Waals surface area contributed by atoms with Crippen molar-refractivity contribution in [3.05, 3.63) is 90.0 Å². The van der Waals surface area contributed by atoms with Gasteiger partial charge in [0.1, 0.15) is 5.75 Å². The van der Waals surface area contributed by atoms with Gasteiger partial charge in [-0.25, -0.2) is 0 Å². The monoisotopic (exact) mass is 335 g/mol. The van der Waals surface area contributed by atoms with E-state index in [4.69, 9.17) is 4.74 Å². The molecule has 0 amide bonds. The molecule has 0 bridgehead atoms. The highest BCUT2D eigenvalue weighted by molar-refractivity contribution is 7.99. The molecule has 3 aromatic rings. The van der Waals surface area contributed by atoms with Crippen molar-refractivity contribution in [3.8, 4) is 5.75 Å². The topological polar surface area (TPSA) is 21.3 Å². The summed E-state index contributed by atoms with van der Waals surface area (Å²) in [4.78, 5) is 1.25. The van der Waals surface area contributed by atoms with Crippen molar-refractivity contribution in [2.75, 3.05) is 19.5 Å². The number of ether oxygens (including phenoxy) is 1. The second-order valence-electron chi connectivity index (χ2n) is 5.42. The average molecular weight is 335 g/mol. The summed E-state index contributed by atoms with van der Waals surface area (Å²) in [5.41, 5.74) is 3.69. The van der Waals surface area contributed by atoms with Gasteiger partial charge in [-0.2, -0.15) is 0 Å². The number of para-hydroxylation sites is 1. The Morgan fingerprint density at radius 1 is 0.833 bits per heavy atom. The third-order valence-corrected chi connectivity index (χ3v) is 5.23. The van der Waals surface area contributed by atoms with Gasteiger partial charge in [-0.3, -0.25) is 0 Å². The van der Waals surface area contributed by atoms with Gasteiger partial charge in [0.05, 0.1) is 12.4 Å². The lowest BCUT2D eigenvalue weighted by Gasteiger charge is -2.21. The molecule has 0 spiro atoms. The second kappa shape index (κ2) is 7.93. The van der Waals surface area contributed by atoms with Crippen LogP contribution in [0.1, 0.15) is 16.4 Å². The third kappa shape index (κ3) is 3.74. The fourth-order valence-electron chi connectivity index (χ4n) is 2.68. The molecule has 0 aliphatic heterocycles. The summed E-state index contributed by atoms with van der Waals surface area (Å²) >= 11 is 1.86. The number of benzene rings is 3. The predicted molar refractivity (Wildman–Crippen MR) is 103 cm³/mol. The zero-order valence-corrected chi connectivity index (χ0v) is 14.7. The van der Waals surface area contributed by atoms with Crippen molar-refractivity contribution in [2.45, 2.75) is 10.1 Å². The Kier molecular flexibility index (Phi) is 5.44. The van der Waals surface area contributed by atoms with Gasteiger partial charge in [0, 0.05) is 17.6 Å². The van der Waals surface area contributed by atoms with Gasteiger partial charge >= 0.3 is 0 Å². The van der Waals surface area contributed by atoms with E-state index in [1.165, 1.54) is 16.0 Å². The van der Waals surface area contributed by atoms with Crippen molar-refractivity contribution < 1.29 is 4.74 Å². The van der Waals surface area contributed by atoms with E-state index >= 15 is 0 Å². The Bertz CT molecular complexity index is 771. The first-order chi connectivity index (χ1) is 11.8. The first-order valence-electron chi connectivity index (χ1n) is 7.94. The van der Waals surface area contributed by atoms with Gasteiger partial charge in [-0.1, -0.05) is 48.5 Å². The van der Waals surface area contributed by atoms with E-state index in [2.05, 4.69) is 66.0 Å². The molecule has 0 heterocycles. The first-order valence-corrected chi connectivity index (χ1v) is 8.82. The molecule has 3 heteroatoms. The quantitative estimate of drug-likeness (QED) is 0.591. The van der Waals surface area contributed by atoms with E-state index in [1.807, 2.05) is 37.0 Å². The maximum Gasteiger partial charge on any atom is 0.118 e. The van der Waals surface area contributed by atoms with Crippen LogP contribution in [0.2, 0.25) is 0 Å². The van der Waals surface area contributed by atoms with Gasteiger partial charge in [-0.05, 0) is 41.5 Å². The van der Waals surface area contributed by atoms with Crippen molar-refractivity contribution in [3.63, 3.8) is 0 Å². The minimum absolute atomic E-state index is 0.210. The molecule has 3 rings (SSSR count). The third-order valence-electron chi connectivity index (χ3n) is 3.93. The van der Waals surface area contributed by atoms with Crippen LogP contribution in [0.4, 0.5) is 5.69 Å². The number of anilines is 1. The molecule has 3 aromatic carbocycles. The van der Waals surface area contributed by atoms with Crippen LogP contribution in [0.3, 0.4) is 0 Å². The Hall–Kier alpha value is -2.39. The minimum Gasteiger partial charge on any atom is -0.497 e. The van der Waals surface area contributed by atoms with Crippen LogP contribution in [0.25, 0.3) is 0 Å². The van der Waals surface area contributed by atoms with E-state index in [9.17, 15) is 0 Å². The van der Waals surface area contributed by atoms with Gasteiger partial charge in [-0.15, -0.1) is 11.8 Å². The lowest BCUT2D eigenvalue weighted by atomic mass is 10.0. The summed E-state index contributed by atoms with van der Waals surface area (Å²) in [5, 5.41) is 3.53. The molecule has 0 saturated carbocycles. The maximum atomic E-state index is 5.30. The Labute approximate surface area is 147 Å². The van der Waals surface area contributed by atoms with Crippen molar-refractivity contribution in [2.24, 2.45) is 0 Å². The van der Waals surface area contributed by atoms with E-state index in [-0.39, 0.29) is 5.25 Å². The smallest absolute Gasteiger partial charge is 0.118 e. The van der Waals surface area contributed by atoms with Crippen LogP contribution in [0.15, 0.2) is 83.8 Å². The molecule has 0 saturated heterocycles. The average Bonchev–Trinajstić information content (AvgIpc) is 2.67. The van der Waals surface area contributed by atoms with Gasteiger partial charge in [0.25, 0.3) is 0 Å². The maximum absolute atomic E-state index is 5.30. The summed E-state index contributed by atoms with van der Waals surface area (Å²) in [5.74, 6) is 0.879. The van der Waals surface area contributed by atoms with Crippen molar-refractivity contribution in [1.82, 2.24) is 0 Å². The lowest BCUT2D eigenvalue weighted by molar-refractivity contribution is 0.414. The summed E-state index contributed by atoms with van der Waals surface area (Å²) in [6.07, 6.45) is 0. The standard InChI is InChI=1S/C21H21NOS/c1-22-20-11-7-6-10-19(20)21(24-18-8-4-3-5-9-18)16-12-14-17(23-2)15-13-16/h3-15,21-22H,1-2H3/t21-/m0/s1. The number of methoxy groups -OCH3 is 1. The summed E-state index contributed by atoms with van der Waals surface area (Å²) in [7, 11) is 3.67. The Morgan fingerprint density at radius 2 is 1.50 bits per heavy atom. The fourth-order valence-corrected chi connectivity index (χ4v) is 3.89. The lowest BCUT2D eigenvalue weighted by Crippen LogP contribution is -2.02. The van der Waals surface area contributed by atoms with E-state index < -0.39 is 0 Å². The molecule has 0 radical (unpaired) electrons. The molecular formula is C21H21NOS. The molecule has 2 nitrogen and oxygen atoms in total. The molecule has 0 aliphatic rings. The van der Waals surface area contributed by atoms with Crippen LogP contribution in [0, 0.1) is 0 Å². The number of nitrogens with one attached hydrogen (secondary N) is 1. The zero-order valence-electron chi connectivity index (χ0n) is 13.9. The van der Waals surface area contributed by atoms with E-state index in [0.29, 0.717) is 0 Å². The molecule has 0 aliphatic carbocycles. The molecule has 1 atom stereocenters. The number of rotatable bonds is 6. The fraction of sp³-hybridized carbons (Fsp3) is 0.143. The van der Waals surface area contributed by atoms with Crippen LogP contribution in [-0.4, -0.2) is 14.2 Å². The van der Waals surface area contributed by atoms with Gasteiger partial charge < -0.3 is 10.1 Å². The molecule has 122 valence electrons. The minimum atomic E-state index is 0.210. The molecule has 24 heavy (non-hydrogen) atoms. The van der Waals surface area contributed by atoms with Crippen molar-refractivity contribution in [1.29, 1.82) is 0 Å². The molecule has 0 fully saturated rings. The van der Waals surface area contributed by atoms with Crippen LogP contribution >= 0.6 is 11.8 Å². The van der Waals surface area contributed by atoms with Crippen LogP contribution < -0.4 is 10.1 Å². The number of hydrogen-bond acceptors (Lipinski definition) is 3. The molecule has 0 aromatic heterocycles. The highest BCUT2D eigenvalue weighted by Crippen LogP contribution is 2.43.